The molecule has 10 heteroatoms. The lowest BCUT2D eigenvalue weighted by Gasteiger charge is -2.38. The van der Waals surface area contributed by atoms with Crippen molar-refractivity contribution in [3.05, 3.63) is 81.2 Å². The van der Waals surface area contributed by atoms with Crippen molar-refractivity contribution in [2.75, 3.05) is 25.6 Å². The van der Waals surface area contributed by atoms with E-state index < -0.39 is 23.5 Å². The average Bonchev–Trinajstić information content (AvgIpc) is 2.95. The van der Waals surface area contributed by atoms with Gasteiger partial charge in [-0.05, 0) is 75.6 Å². The van der Waals surface area contributed by atoms with Crippen molar-refractivity contribution in [3.8, 4) is 22.9 Å². The lowest BCUT2D eigenvalue weighted by molar-refractivity contribution is -0.122. The van der Waals surface area contributed by atoms with Crippen LogP contribution >= 0.6 is 11.6 Å². The van der Waals surface area contributed by atoms with E-state index in [-0.39, 0.29) is 25.2 Å². The van der Waals surface area contributed by atoms with Crippen LogP contribution in [0, 0.1) is 11.3 Å². The van der Waals surface area contributed by atoms with Gasteiger partial charge in [0, 0.05) is 40.9 Å². The number of hydrogen-bond acceptors (Lipinski definition) is 7. The number of benzene rings is 2. The molecule has 1 heterocycles. The third kappa shape index (κ3) is 6.96. The van der Waals surface area contributed by atoms with E-state index in [2.05, 4.69) is 11.4 Å². The summed E-state index contributed by atoms with van der Waals surface area (Å²) in [5.74, 6) is -0.594. The molecule has 4 rings (SSSR count). The highest BCUT2D eigenvalue weighted by molar-refractivity contribution is 6.31. The van der Waals surface area contributed by atoms with E-state index in [0.29, 0.717) is 38.7 Å². The van der Waals surface area contributed by atoms with E-state index in [0.717, 1.165) is 19.3 Å². The molecule has 2 aromatic carbocycles. The minimum absolute atomic E-state index is 0.225. The van der Waals surface area contributed by atoms with Crippen molar-refractivity contribution < 1.29 is 23.8 Å². The smallest absolute Gasteiger partial charge is 0.338 e. The summed E-state index contributed by atoms with van der Waals surface area (Å²) in [6.45, 7) is 4.28. The lowest BCUT2D eigenvalue weighted by Crippen LogP contribution is -2.38. The fourth-order valence-electron chi connectivity index (χ4n) is 4.74. The Morgan fingerprint density at radius 2 is 1.88 bits per heavy atom. The highest BCUT2D eigenvalue weighted by Gasteiger charge is 2.33. The Bertz CT molecular complexity index is 1520. The Morgan fingerprint density at radius 3 is 2.49 bits per heavy atom. The third-order valence-corrected chi connectivity index (χ3v) is 7.45. The topological polar surface area (TPSA) is 120 Å². The van der Waals surface area contributed by atoms with Gasteiger partial charge in [-0.2, -0.15) is 5.26 Å². The van der Waals surface area contributed by atoms with Gasteiger partial charge in [-0.3, -0.25) is 14.2 Å². The number of amides is 1. The number of carbonyl (C=O) groups is 2. The Balaban J connectivity index is 1.66. The predicted molar refractivity (Wildman–Crippen MR) is 155 cm³/mol. The predicted octanol–water partition coefficient (Wildman–Crippen LogP) is 5.75. The van der Waals surface area contributed by atoms with Crippen LogP contribution in [0.25, 0.3) is 11.1 Å². The molecular weight excluding hydrogens is 546 g/mol. The van der Waals surface area contributed by atoms with Crippen LogP contribution < -0.4 is 15.6 Å². The second-order valence-corrected chi connectivity index (χ2v) is 10.5. The van der Waals surface area contributed by atoms with Crippen molar-refractivity contribution in [1.82, 2.24) is 4.57 Å². The van der Waals surface area contributed by atoms with E-state index in [1.165, 1.54) is 23.9 Å². The lowest BCUT2D eigenvalue weighted by atomic mass is 9.82. The number of methoxy groups -OCH3 is 1. The number of esters is 1. The molecule has 1 aromatic heterocycles. The minimum Gasteiger partial charge on any atom is -0.495 e. The first kappa shape index (κ1) is 29.8. The second-order valence-electron chi connectivity index (χ2n) is 10.0. The Morgan fingerprint density at radius 1 is 1.15 bits per heavy atom. The van der Waals surface area contributed by atoms with Crippen LogP contribution in [-0.2, 0) is 14.3 Å². The summed E-state index contributed by atoms with van der Waals surface area (Å²) in [7, 11) is 1.45. The zero-order valence-corrected chi connectivity index (χ0v) is 24.0. The first-order chi connectivity index (χ1) is 19.7. The fraction of sp³-hybridized carbons (Fsp3) is 0.355. The second kappa shape index (κ2) is 13.0. The number of rotatable bonds is 11. The maximum Gasteiger partial charge on any atom is 0.338 e. The molecule has 0 bridgehead atoms. The molecule has 1 atom stereocenters. The maximum atomic E-state index is 13.6. The molecule has 0 radical (unpaired) electrons. The van der Waals surface area contributed by atoms with Crippen LogP contribution in [0.5, 0.6) is 5.75 Å². The van der Waals surface area contributed by atoms with Gasteiger partial charge in [0.15, 0.2) is 0 Å². The highest BCUT2D eigenvalue weighted by Crippen LogP contribution is 2.36. The van der Waals surface area contributed by atoms with Gasteiger partial charge in [0.25, 0.3) is 5.56 Å². The molecule has 214 valence electrons. The van der Waals surface area contributed by atoms with Crippen LogP contribution in [-0.4, -0.2) is 42.4 Å². The van der Waals surface area contributed by atoms with E-state index in [1.807, 2.05) is 6.92 Å². The molecule has 9 nitrogen and oxygen atoms in total. The number of nitrogens with one attached hydrogen (secondary N) is 1. The molecule has 1 N–H and O–H groups in total. The molecular formula is C31H32ClN3O6. The first-order valence-corrected chi connectivity index (χ1v) is 13.8. The van der Waals surface area contributed by atoms with Gasteiger partial charge in [0.2, 0.25) is 5.91 Å². The first-order valence-electron chi connectivity index (χ1n) is 13.4. The number of nitriles is 1. The SMILES string of the molecule is CCOC(=O)c1ccc(NC(=O)C(CCOC2(C)CCC2)n2cc(OC)c(-c3cc(Cl)ccc3C#N)cc2=O)cc1. The average molecular weight is 578 g/mol. The largest absolute Gasteiger partial charge is 0.495 e. The van der Waals surface area contributed by atoms with Gasteiger partial charge in [0.1, 0.15) is 11.8 Å². The molecule has 1 saturated carbocycles. The fourth-order valence-corrected chi connectivity index (χ4v) is 4.92. The molecule has 1 amide bonds. The molecule has 0 saturated heterocycles. The number of hydrogen-bond donors (Lipinski definition) is 1. The van der Waals surface area contributed by atoms with Crippen molar-refractivity contribution in [1.29, 1.82) is 5.26 Å². The van der Waals surface area contributed by atoms with Crippen LogP contribution in [0.4, 0.5) is 5.69 Å². The summed E-state index contributed by atoms with van der Waals surface area (Å²) < 4.78 is 18.0. The molecule has 3 aromatic rings. The van der Waals surface area contributed by atoms with Gasteiger partial charge in [-0.25, -0.2) is 4.79 Å². The van der Waals surface area contributed by atoms with Crippen LogP contribution in [0.15, 0.2) is 59.5 Å². The van der Waals surface area contributed by atoms with E-state index >= 15 is 0 Å². The zero-order chi connectivity index (χ0) is 29.6. The van der Waals surface area contributed by atoms with E-state index in [9.17, 15) is 19.6 Å². The van der Waals surface area contributed by atoms with Gasteiger partial charge < -0.3 is 19.5 Å². The number of pyridine rings is 1. The molecule has 1 aliphatic rings. The number of carbonyl (C=O) groups excluding carboxylic acids is 2. The van der Waals surface area contributed by atoms with Crippen molar-refractivity contribution in [2.45, 2.75) is 51.2 Å². The normalized spacial score (nSPS) is 14.3. The zero-order valence-electron chi connectivity index (χ0n) is 23.2. The molecule has 1 unspecified atom stereocenters. The van der Waals surface area contributed by atoms with Gasteiger partial charge >= 0.3 is 5.97 Å². The summed E-state index contributed by atoms with van der Waals surface area (Å²) in [6.07, 6.45) is 4.68. The number of ether oxygens (including phenoxy) is 3. The number of aromatic nitrogens is 1. The molecule has 1 aliphatic carbocycles. The number of halogens is 1. The number of nitrogens with zero attached hydrogens (tertiary/aromatic N) is 2. The van der Waals surface area contributed by atoms with Crippen molar-refractivity contribution >= 4 is 29.2 Å². The van der Waals surface area contributed by atoms with E-state index in [1.54, 1.807) is 49.4 Å². The Labute approximate surface area is 243 Å². The van der Waals surface area contributed by atoms with E-state index in [4.69, 9.17) is 25.8 Å². The van der Waals surface area contributed by atoms with Gasteiger partial charge in [0.05, 0.1) is 42.7 Å². The molecule has 1 fully saturated rings. The molecule has 41 heavy (non-hydrogen) atoms. The van der Waals surface area contributed by atoms with Crippen molar-refractivity contribution in [2.24, 2.45) is 0 Å². The summed E-state index contributed by atoms with van der Waals surface area (Å²) in [6, 6.07) is 13.6. The van der Waals surface area contributed by atoms with Crippen molar-refractivity contribution in [3.63, 3.8) is 0 Å². The van der Waals surface area contributed by atoms with Crippen LogP contribution in [0.1, 0.15) is 61.5 Å². The standard InChI is InChI=1S/C31H32ClN3O6/c1-4-40-30(38)20-7-10-23(11-8-20)34-29(37)26(12-15-41-31(2)13-5-14-31)35-19-27(39-3)25(17-28(35)36)24-16-22(32)9-6-21(24)18-33/h6-11,16-17,19,26H,4-5,12-15H2,1-3H3,(H,34,37). The highest BCUT2D eigenvalue weighted by atomic mass is 35.5. The monoisotopic (exact) mass is 577 g/mol. The number of anilines is 1. The Hall–Kier alpha value is -4.13. The van der Waals surface area contributed by atoms with Gasteiger partial charge in [-0.1, -0.05) is 11.6 Å². The van der Waals surface area contributed by atoms with Crippen LogP contribution in [0.2, 0.25) is 5.02 Å². The molecule has 0 aliphatic heterocycles. The third-order valence-electron chi connectivity index (χ3n) is 7.21. The summed E-state index contributed by atoms with van der Waals surface area (Å²) >= 11 is 6.19. The summed E-state index contributed by atoms with van der Waals surface area (Å²) in [5.41, 5.74) is 1.29. The minimum atomic E-state index is -0.936. The van der Waals surface area contributed by atoms with Gasteiger partial charge in [-0.15, -0.1) is 0 Å². The quantitative estimate of drug-likeness (QED) is 0.288. The maximum absolute atomic E-state index is 13.6. The Kier molecular flexibility index (Phi) is 9.48. The molecule has 0 spiro atoms. The van der Waals surface area contributed by atoms with Crippen LogP contribution in [0.3, 0.4) is 0 Å². The summed E-state index contributed by atoms with van der Waals surface area (Å²) in [5, 5.41) is 12.9. The summed E-state index contributed by atoms with van der Waals surface area (Å²) in [4.78, 5) is 39.1.